The van der Waals surface area contributed by atoms with Gasteiger partial charge in [-0.2, -0.15) is 0 Å². The first-order valence-electron chi connectivity index (χ1n) is 9.02. The number of allylic oxidation sites excluding steroid dienone is 4. The first-order valence-corrected chi connectivity index (χ1v) is 10.6. The molecule has 0 aliphatic heterocycles. The third-order valence-corrected chi connectivity index (χ3v) is 6.93. The van der Waals surface area contributed by atoms with Gasteiger partial charge in [-0.05, 0) is 49.3 Å². The molecule has 1 fully saturated rings. The minimum atomic E-state index is -0.484. The van der Waals surface area contributed by atoms with Crippen LogP contribution in [0.25, 0.3) is 21.5 Å². The van der Waals surface area contributed by atoms with E-state index < -0.39 is 5.69 Å². The second kappa shape index (κ2) is 6.72. The molecule has 0 spiro atoms. The predicted molar refractivity (Wildman–Crippen MR) is 114 cm³/mol. The van der Waals surface area contributed by atoms with Crippen LogP contribution in [0.1, 0.15) is 42.0 Å². The summed E-state index contributed by atoms with van der Waals surface area (Å²) in [6, 6.07) is 3.65. The smallest absolute Gasteiger partial charge is 0.306 e. The molecule has 0 bridgehead atoms. The lowest BCUT2D eigenvalue weighted by Crippen LogP contribution is -2.33. The van der Waals surface area contributed by atoms with Crippen molar-refractivity contribution in [2.24, 2.45) is 0 Å². The molecule has 8 heteroatoms. The molecule has 5 nitrogen and oxygen atoms in total. The van der Waals surface area contributed by atoms with Gasteiger partial charge < -0.3 is 4.98 Å². The minimum absolute atomic E-state index is 0.364. The second-order valence-corrected chi connectivity index (χ2v) is 8.96. The van der Waals surface area contributed by atoms with Gasteiger partial charge in [-0.25, -0.2) is 9.36 Å². The molecule has 3 aromatic rings. The van der Waals surface area contributed by atoms with Crippen LogP contribution in [0.3, 0.4) is 0 Å². The van der Waals surface area contributed by atoms with Crippen molar-refractivity contribution in [1.29, 1.82) is 0 Å². The number of nitrogens with zero attached hydrogens (tertiary/aromatic N) is 2. The molecule has 0 saturated heterocycles. The third kappa shape index (κ3) is 2.96. The molecule has 1 saturated carbocycles. The van der Waals surface area contributed by atoms with Crippen molar-refractivity contribution in [1.82, 2.24) is 14.5 Å². The fraction of sp³-hybridized carbons (Fsp3) is 0.250. The zero-order valence-corrected chi connectivity index (χ0v) is 17.0. The Bertz CT molecular complexity index is 1290. The van der Waals surface area contributed by atoms with E-state index in [1.807, 2.05) is 12.1 Å². The number of hydrogen-bond donors (Lipinski definition) is 1. The fourth-order valence-electron chi connectivity index (χ4n) is 3.51. The molecular formula is C20H15Cl2N3O2S. The van der Waals surface area contributed by atoms with E-state index in [1.54, 1.807) is 18.5 Å². The number of rotatable bonds is 3. The molecule has 0 atom stereocenters. The summed E-state index contributed by atoms with van der Waals surface area (Å²) < 4.78 is 1.61. The zero-order valence-electron chi connectivity index (χ0n) is 14.7. The minimum Gasteiger partial charge on any atom is -0.306 e. The van der Waals surface area contributed by atoms with E-state index in [4.69, 9.17) is 23.2 Å². The van der Waals surface area contributed by atoms with Crippen LogP contribution in [0.2, 0.25) is 0 Å². The average molecular weight is 432 g/mol. The number of fused-ring (bicyclic) bond motifs is 1. The lowest BCUT2D eigenvalue weighted by Gasteiger charge is -2.12. The highest BCUT2D eigenvalue weighted by Gasteiger charge is 2.25. The zero-order chi connectivity index (χ0) is 19.4. The maximum Gasteiger partial charge on any atom is 0.333 e. The summed E-state index contributed by atoms with van der Waals surface area (Å²) in [5.74, 6) is 0.480. The number of thiophene rings is 1. The summed E-state index contributed by atoms with van der Waals surface area (Å²) in [7, 11) is 0. The maximum absolute atomic E-state index is 13.1. The maximum atomic E-state index is 13.1. The Morgan fingerprint density at radius 1 is 1.18 bits per heavy atom. The van der Waals surface area contributed by atoms with E-state index in [9.17, 15) is 9.59 Å². The van der Waals surface area contributed by atoms with Crippen molar-refractivity contribution in [3.63, 3.8) is 0 Å². The molecular weight excluding hydrogens is 417 g/mol. The third-order valence-electron chi connectivity index (χ3n) is 5.07. The largest absolute Gasteiger partial charge is 0.333 e. The van der Waals surface area contributed by atoms with Gasteiger partial charge in [-0.3, -0.25) is 9.78 Å². The summed E-state index contributed by atoms with van der Waals surface area (Å²) >= 11 is 14.0. The Balaban J connectivity index is 1.69. The molecule has 2 aliphatic rings. The second-order valence-electron chi connectivity index (χ2n) is 7.05. The molecule has 3 aromatic heterocycles. The number of H-pyrrole nitrogens is 1. The molecule has 28 heavy (non-hydrogen) atoms. The van der Waals surface area contributed by atoms with Crippen LogP contribution in [0, 0.1) is 0 Å². The summed E-state index contributed by atoms with van der Waals surface area (Å²) in [4.78, 5) is 33.6. The number of nitrogens with one attached hydrogen (secondary N) is 1. The van der Waals surface area contributed by atoms with Gasteiger partial charge in [0.05, 0.1) is 17.4 Å². The Morgan fingerprint density at radius 3 is 2.75 bits per heavy atom. The fourth-order valence-corrected chi connectivity index (χ4v) is 5.43. The molecule has 0 amide bonds. The van der Waals surface area contributed by atoms with E-state index in [0.717, 1.165) is 39.8 Å². The van der Waals surface area contributed by atoms with E-state index in [2.05, 4.69) is 9.97 Å². The highest BCUT2D eigenvalue weighted by molar-refractivity contribution is 7.20. The number of aromatic amines is 1. The van der Waals surface area contributed by atoms with Crippen LogP contribution in [-0.2, 0) is 0 Å². The van der Waals surface area contributed by atoms with Gasteiger partial charge in [0.15, 0.2) is 0 Å². The highest BCUT2D eigenvalue weighted by Crippen LogP contribution is 2.41. The van der Waals surface area contributed by atoms with Crippen LogP contribution >= 0.6 is 34.5 Å². The van der Waals surface area contributed by atoms with Crippen molar-refractivity contribution in [3.05, 3.63) is 71.9 Å². The molecule has 0 aromatic carbocycles. The van der Waals surface area contributed by atoms with Crippen LogP contribution < -0.4 is 11.2 Å². The van der Waals surface area contributed by atoms with E-state index >= 15 is 0 Å². The van der Waals surface area contributed by atoms with E-state index in [0.29, 0.717) is 38.3 Å². The summed E-state index contributed by atoms with van der Waals surface area (Å²) in [5, 5.41) is 1.25. The molecule has 1 N–H and O–H groups in total. The molecule has 5 rings (SSSR count). The Morgan fingerprint density at radius 2 is 2.00 bits per heavy atom. The van der Waals surface area contributed by atoms with Crippen molar-refractivity contribution in [2.75, 3.05) is 0 Å². The van der Waals surface area contributed by atoms with Gasteiger partial charge in [0.1, 0.15) is 4.70 Å². The molecule has 0 radical (unpaired) electrons. The quantitative estimate of drug-likeness (QED) is 0.642. The highest BCUT2D eigenvalue weighted by atomic mass is 35.5. The predicted octanol–water partition coefficient (Wildman–Crippen LogP) is 4.88. The normalized spacial score (nSPS) is 17.3. The van der Waals surface area contributed by atoms with Crippen molar-refractivity contribution < 1.29 is 0 Å². The lowest BCUT2D eigenvalue weighted by atomic mass is 10.1. The Kier molecular flexibility index (Phi) is 4.30. The van der Waals surface area contributed by atoms with Crippen LogP contribution in [0.4, 0.5) is 0 Å². The number of hydrogen-bond acceptors (Lipinski definition) is 4. The van der Waals surface area contributed by atoms with Gasteiger partial charge in [0, 0.05) is 26.7 Å². The van der Waals surface area contributed by atoms with Crippen LogP contribution in [0.5, 0.6) is 0 Å². The number of aromatic nitrogens is 3. The van der Waals surface area contributed by atoms with Gasteiger partial charge in [-0.15, -0.1) is 11.3 Å². The van der Waals surface area contributed by atoms with Gasteiger partial charge in [0.25, 0.3) is 5.56 Å². The first-order chi connectivity index (χ1) is 13.5. The van der Waals surface area contributed by atoms with Crippen LogP contribution in [-0.4, -0.2) is 14.5 Å². The summed E-state index contributed by atoms with van der Waals surface area (Å²) in [6.45, 7) is 0. The Labute approximate surface area is 174 Å². The van der Waals surface area contributed by atoms with Gasteiger partial charge >= 0.3 is 5.69 Å². The molecule has 0 unspecified atom stereocenters. The van der Waals surface area contributed by atoms with Crippen molar-refractivity contribution in [3.8, 4) is 5.69 Å². The topological polar surface area (TPSA) is 67.8 Å². The van der Waals surface area contributed by atoms with Crippen LogP contribution in [0.15, 0.2) is 50.3 Å². The number of halogens is 2. The monoisotopic (exact) mass is 431 g/mol. The molecule has 3 heterocycles. The van der Waals surface area contributed by atoms with E-state index in [1.165, 1.54) is 11.3 Å². The summed E-state index contributed by atoms with van der Waals surface area (Å²) in [6.07, 6.45) is 9.00. The molecule has 142 valence electrons. The SMILES string of the molecule is O=c1[nH]c2cc(C3=C(Cl)CCC=C3Cl)sc2c(=O)n1-c1cncc(C2CC2)c1. The first kappa shape index (κ1) is 17.9. The van der Waals surface area contributed by atoms with Gasteiger partial charge in [0.2, 0.25) is 0 Å². The summed E-state index contributed by atoms with van der Waals surface area (Å²) in [5.41, 5.74) is 1.93. The van der Waals surface area contributed by atoms with Gasteiger partial charge in [-0.1, -0.05) is 29.3 Å². The van der Waals surface area contributed by atoms with Crippen molar-refractivity contribution >= 4 is 50.3 Å². The van der Waals surface area contributed by atoms with Crippen molar-refractivity contribution in [2.45, 2.75) is 31.6 Å². The van der Waals surface area contributed by atoms with E-state index in [-0.39, 0.29) is 5.56 Å². The lowest BCUT2D eigenvalue weighted by molar-refractivity contribution is 0.891. The average Bonchev–Trinajstić information content (AvgIpc) is 3.43. The standard InChI is InChI=1S/C20H15Cl2N3O2S/c21-13-2-1-3-14(22)17(13)16-7-15-18(28-16)19(26)25(20(27)24-15)12-6-11(8-23-9-12)10-4-5-10/h2,6-10H,1,3-5H2,(H,24,27). The molecule has 2 aliphatic carbocycles. The Hall–Kier alpha value is -2.15. The number of pyridine rings is 1.